The monoisotopic (exact) mass is 431 g/mol. The highest BCUT2D eigenvalue weighted by Crippen LogP contribution is 2.29. The van der Waals surface area contributed by atoms with Gasteiger partial charge in [-0.05, 0) is 33.8 Å². The third kappa shape index (κ3) is 5.14. The maximum Gasteiger partial charge on any atom is 0.410 e. The molecule has 1 heterocycles. The molecule has 9 heteroatoms. The fraction of sp³-hybridized carbons (Fsp3) is 0.588. The molecule has 0 bridgehead atoms. The molecule has 1 amide bonds. The van der Waals surface area contributed by atoms with E-state index in [1.165, 1.54) is 12.1 Å². The smallest absolute Gasteiger partial charge is 0.410 e. The summed E-state index contributed by atoms with van der Waals surface area (Å²) in [5.41, 5.74) is -0.770. The van der Waals surface area contributed by atoms with Crippen LogP contribution in [0.15, 0.2) is 16.6 Å². The lowest BCUT2D eigenvalue weighted by atomic mass is 10.1. The van der Waals surface area contributed by atoms with Crippen LogP contribution in [0.1, 0.15) is 33.3 Å². The van der Waals surface area contributed by atoms with Gasteiger partial charge in [0.05, 0.1) is 10.5 Å². The summed E-state index contributed by atoms with van der Waals surface area (Å²) in [7, 11) is 0. The Kier molecular flexibility index (Phi) is 6.23. The number of amides is 1. The molecule has 1 atom stereocenters. The number of halogens is 2. The molecule has 0 spiro atoms. The molecule has 2 rings (SSSR count). The lowest BCUT2D eigenvalue weighted by Crippen LogP contribution is -2.54. The van der Waals surface area contributed by atoms with Crippen molar-refractivity contribution >= 4 is 27.7 Å². The number of nitro groups is 1. The van der Waals surface area contributed by atoms with Crippen LogP contribution in [0.2, 0.25) is 0 Å². The Morgan fingerprint density at radius 1 is 1.42 bits per heavy atom. The van der Waals surface area contributed by atoms with Gasteiger partial charge in [0.15, 0.2) is 0 Å². The Hall–Kier alpha value is -1.74. The SMILES string of the molecule is C[C@H]1CN(C(=O)OC(C)(C)C)CCN1Cc1c(F)cc(Br)cc1[N+](=O)[O-]. The van der Waals surface area contributed by atoms with Gasteiger partial charge in [-0.3, -0.25) is 15.0 Å². The van der Waals surface area contributed by atoms with E-state index >= 15 is 0 Å². The molecule has 144 valence electrons. The van der Waals surface area contributed by atoms with Crippen LogP contribution in [0.25, 0.3) is 0 Å². The standard InChI is InChI=1S/C17H23BrFN3O4/c1-11-9-21(16(23)26-17(2,3)4)6-5-20(11)10-13-14(19)7-12(18)8-15(13)22(24)25/h7-8,11H,5-6,9-10H2,1-4H3/t11-/m0/s1. The van der Waals surface area contributed by atoms with Gasteiger partial charge < -0.3 is 9.64 Å². The molecule has 1 aromatic carbocycles. The predicted molar refractivity (Wildman–Crippen MR) is 98.4 cm³/mol. The second-order valence-electron chi connectivity index (χ2n) is 7.39. The highest BCUT2D eigenvalue weighted by atomic mass is 79.9. The molecule has 26 heavy (non-hydrogen) atoms. The van der Waals surface area contributed by atoms with Gasteiger partial charge in [0, 0.05) is 42.8 Å². The van der Waals surface area contributed by atoms with Crippen molar-refractivity contribution in [3.05, 3.63) is 38.1 Å². The van der Waals surface area contributed by atoms with Gasteiger partial charge in [-0.1, -0.05) is 15.9 Å². The Labute approximate surface area is 160 Å². The van der Waals surface area contributed by atoms with Crippen LogP contribution in [-0.2, 0) is 11.3 Å². The van der Waals surface area contributed by atoms with Gasteiger partial charge in [-0.15, -0.1) is 0 Å². The Morgan fingerprint density at radius 3 is 2.62 bits per heavy atom. The van der Waals surface area contributed by atoms with Crippen molar-refractivity contribution in [2.75, 3.05) is 19.6 Å². The Balaban J connectivity index is 2.10. The number of benzene rings is 1. The third-order valence-corrected chi connectivity index (χ3v) is 4.57. The zero-order valence-corrected chi connectivity index (χ0v) is 16.9. The Morgan fingerprint density at radius 2 is 2.08 bits per heavy atom. The lowest BCUT2D eigenvalue weighted by Gasteiger charge is -2.40. The normalized spacial score (nSPS) is 18.7. The summed E-state index contributed by atoms with van der Waals surface area (Å²) < 4.78 is 20.0. The molecule has 0 unspecified atom stereocenters. The minimum Gasteiger partial charge on any atom is -0.444 e. The molecule has 1 aliphatic rings. The fourth-order valence-corrected chi connectivity index (χ4v) is 3.25. The first-order chi connectivity index (χ1) is 12.0. The summed E-state index contributed by atoms with van der Waals surface area (Å²) in [5, 5.41) is 11.3. The summed E-state index contributed by atoms with van der Waals surface area (Å²) in [4.78, 5) is 26.4. The van der Waals surface area contributed by atoms with E-state index in [1.54, 1.807) is 25.7 Å². The average molecular weight is 432 g/mol. The van der Waals surface area contributed by atoms with Crippen molar-refractivity contribution in [2.24, 2.45) is 0 Å². The van der Waals surface area contributed by atoms with E-state index in [-0.39, 0.29) is 29.9 Å². The molecule has 1 saturated heterocycles. The molecular weight excluding hydrogens is 409 g/mol. The molecule has 0 N–H and O–H groups in total. The number of hydrogen-bond donors (Lipinski definition) is 0. The molecule has 0 aliphatic carbocycles. The second kappa shape index (κ2) is 7.87. The number of nitrogens with zero attached hydrogens (tertiary/aromatic N) is 3. The Bertz CT molecular complexity index is 708. The van der Waals surface area contributed by atoms with Gasteiger partial charge in [-0.25, -0.2) is 9.18 Å². The zero-order valence-electron chi connectivity index (χ0n) is 15.3. The van der Waals surface area contributed by atoms with Crippen LogP contribution in [-0.4, -0.2) is 52.1 Å². The number of ether oxygens (including phenoxy) is 1. The molecule has 7 nitrogen and oxygen atoms in total. The van der Waals surface area contributed by atoms with E-state index in [4.69, 9.17) is 4.74 Å². The molecule has 1 aliphatic heterocycles. The number of carbonyl (C=O) groups excluding carboxylic acids is 1. The second-order valence-corrected chi connectivity index (χ2v) is 8.30. The van der Waals surface area contributed by atoms with Crippen LogP contribution in [0.3, 0.4) is 0 Å². The fourth-order valence-electron chi connectivity index (χ4n) is 2.83. The summed E-state index contributed by atoms with van der Waals surface area (Å²) in [6.45, 7) is 8.75. The lowest BCUT2D eigenvalue weighted by molar-refractivity contribution is -0.386. The van der Waals surface area contributed by atoms with E-state index in [2.05, 4.69) is 15.9 Å². The molecule has 0 saturated carbocycles. The maximum atomic E-state index is 14.3. The average Bonchev–Trinajstić information content (AvgIpc) is 2.49. The van der Waals surface area contributed by atoms with E-state index in [9.17, 15) is 19.3 Å². The third-order valence-electron chi connectivity index (χ3n) is 4.11. The first kappa shape index (κ1) is 20.6. The summed E-state index contributed by atoms with van der Waals surface area (Å²) >= 11 is 3.08. The van der Waals surface area contributed by atoms with Crippen molar-refractivity contribution in [1.29, 1.82) is 0 Å². The quantitative estimate of drug-likeness (QED) is 0.534. The topological polar surface area (TPSA) is 75.9 Å². The van der Waals surface area contributed by atoms with Crippen LogP contribution >= 0.6 is 15.9 Å². The largest absolute Gasteiger partial charge is 0.444 e. The number of carbonyl (C=O) groups is 1. The number of rotatable bonds is 3. The predicted octanol–water partition coefficient (Wildman–Crippen LogP) is 3.94. The van der Waals surface area contributed by atoms with Crippen LogP contribution in [0, 0.1) is 15.9 Å². The summed E-state index contributed by atoms with van der Waals surface area (Å²) in [5.74, 6) is -0.618. The minimum atomic E-state index is -0.618. The van der Waals surface area contributed by atoms with Crippen molar-refractivity contribution < 1.29 is 18.8 Å². The van der Waals surface area contributed by atoms with Gasteiger partial charge in [-0.2, -0.15) is 0 Å². The van der Waals surface area contributed by atoms with Crippen molar-refractivity contribution in [2.45, 2.75) is 45.9 Å². The highest BCUT2D eigenvalue weighted by Gasteiger charge is 2.31. The molecule has 1 fully saturated rings. The van der Waals surface area contributed by atoms with Crippen LogP contribution < -0.4 is 0 Å². The van der Waals surface area contributed by atoms with E-state index in [1.807, 2.05) is 11.8 Å². The van der Waals surface area contributed by atoms with Crippen LogP contribution in [0.4, 0.5) is 14.9 Å². The summed E-state index contributed by atoms with van der Waals surface area (Å²) in [6.07, 6.45) is -0.384. The number of piperazine rings is 1. The molecular formula is C17H23BrFN3O4. The molecule has 0 radical (unpaired) electrons. The maximum absolute atomic E-state index is 14.3. The number of nitro benzene ring substituents is 1. The van der Waals surface area contributed by atoms with Gasteiger partial charge in [0.1, 0.15) is 11.4 Å². The van der Waals surface area contributed by atoms with Gasteiger partial charge >= 0.3 is 6.09 Å². The van der Waals surface area contributed by atoms with Crippen LogP contribution in [0.5, 0.6) is 0 Å². The van der Waals surface area contributed by atoms with Gasteiger partial charge in [0.2, 0.25) is 0 Å². The first-order valence-electron chi connectivity index (χ1n) is 8.32. The minimum absolute atomic E-state index is 0.0516. The van der Waals surface area contributed by atoms with Crippen molar-refractivity contribution in [3.8, 4) is 0 Å². The van der Waals surface area contributed by atoms with E-state index in [0.29, 0.717) is 24.1 Å². The molecule has 0 aromatic heterocycles. The van der Waals surface area contributed by atoms with Crippen molar-refractivity contribution in [3.63, 3.8) is 0 Å². The number of hydrogen-bond acceptors (Lipinski definition) is 5. The highest BCUT2D eigenvalue weighted by molar-refractivity contribution is 9.10. The van der Waals surface area contributed by atoms with E-state index < -0.39 is 16.3 Å². The van der Waals surface area contributed by atoms with Crippen molar-refractivity contribution in [1.82, 2.24) is 9.80 Å². The van der Waals surface area contributed by atoms with E-state index in [0.717, 1.165) is 0 Å². The van der Waals surface area contributed by atoms with Gasteiger partial charge in [0.25, 0.3) is 5.69 Å². The molecule has 1 aromatic rings. The summed E-state index contributed by atoms with van der Waals surface area (Å²) in [6, 6.07) is 2.45. The first-order valence-corrected chi connectivity index (χ1v) is 9.11. The zero-order chi connectivity index (χ0) is 19.6.